The van der Waals surface area contributed by atoms with E-state index in [4.69, 9.17) is 5.73 Å². The van der Waals surface area contributed by atoms with Crippen LogP contribution in [0.15, 0.2) is 0 Å². The van der Waals surface area contributed by atoms with Crippen LogP contribution in [0.5, 0.6) is 0 Å². The van der Waals surface area contributed by atoms with E-state index in [1.165, 1.54) is 32.4 Å². The molecule has 1 rings (SSSR count). The Bertz CT molecular complexity index is 227. The standard InChI is InChI=1S/C14H29N3O/c1-2-3-8-13(15)14(18)16-9-7-12-17-10-5-4-6-11-17/h13H,2-12,15H2,1H3,(H,16,18). The van der Waals surface area contributed by atoms with Crippen molar-refractivity contribution in [2.75, 3.05) is 26.2 Å². The molecule has 1 atom stereocenters. The van der Waals surface area contributed by atoms with Gasteiger partial charge in [-0.05, 0) is 45.3 Å². The lowest BCUT2D eigenvalue weighted by atomic mass is 10.1. The van der Waals surface area contributed by atoms with Crippen LogP contribution in [0.25, 0.3) is 0 Å². The average molecular weight is 255 g/mol. The molecule has 0 spiro atoms. The summed E-state index contributed by atoms with van der Waals surface area (Å²) in [5, 5.41) is 2.94. The highest BCUT2D eigenvalue weighted by molar-refractivity contribution is 5.81. The number of amides is 1. The smallest absolute Gasteiger partial charge is 0.236 e. The predicted molar refractivity (Wildman–Crippen MR) is 75.4 cm³/mol. The van der Waals surface area contributed by atoms with Gasteiger partial charge in [0.05, 0.1) is 6.04 Å². The van der Waals surface area contributed by atoms with E-state index in [2.05, 4.69) is 17.1 Å². The highest BCUT2D eigenvalue weighted by Gasteiger charge is 2.12. The summed E-state index contributed by atoms with van der Waals surface area (Å²) in [5.74, 6) is 0.0158. The van der Waals surface area contributed by atoms with Gasteiger partial charge in [-0.25, -0.2) is 0 Å². The summed E-state index contributed by atoms with van der Waals surface area (Å²) in [6.07, 6.45) is 7.99. The maximum Gasteiger partial charge on any atom is 0.236 e. The number of nitrogens with zero attached hydrogens (tertiary/aromatic N) is 1. The Morgan fingerprint density at radius 2 is 2.00 bits per heavy atom. The van der Waals surface area contributed by atoms with E-state index in [1.807, 2.05) is 0 Å². The van der Waals surface area contributed by atoms with E-state index in [9.17, 15) is 4.79 Å². The fourth-order valence-corrected chi connectivity index (χ4v) is 2.38. The second kappa shape index (κ2) is 9.34. The van der Waals surface area contributed by atoms with Crippen molar-refractivity contribution in [1.82, 2.24) is 10.2 Å². The van der Waals surface area contributed by atoms with Gasteiger partial charge in [-0.3, -0.25) is 4.79 Å². The molecule has 1 aliphatic rings. The molecule has 0 saturated carbocycles. The van der Waals surface area contributed by atoms with Crippen LogP contribution in [0.1, 0.15) is 51.9 Å². The number of nitrogens with one attached hydrogen (secondary N) is 1. The van der Waals surface area contributed by atoms with Crippen molar-refractivity contribution >= 4 is 5.91 Å². The molecule has 0 aromatic heterocycles. The predicted octanol–water partition coefficient (Wildman–Crippen LogP) is 1.50. The van der Waals surface area contributed by atoms with Crippen LogP contribution in [-0.4, -0.2) is 43.0 Å². The molecule has 1 aliphatic heterocycles. The second-order valence-corrected chi connectivity index (χ2v) is 5.30. The van der Waals surface area contributed by atoms with Crippen molar-refractivity contribution in [3.05, 3.63) is 0 Å². The SMILES string of the molecule is CCCCC(N)C(=O)NCCCN1CCCCC1. The number of likely N-dealkylation sites (tertiary alicyclic amines) is 1. The van der Waals surface area contributed by atoms with Crippen LogP contribution >= 0.6 is 0 Å². The van der Waals surface area contributed by atoms with E-state index in [0.717, 1.165) is 38.8 Å². The van der Waals surface area contributed by atoms with Crippen molar-refractivity contribution in [2.24, 2.45) is 5.73 Å². The lowest BCUT2D eigenvalue weighted by Gasteiger charge is -2.26. The van der Waals surface area contributed by atoms with Gasteiger partial charge in [0.1, 0.15) is 0 Å². The molecular weight excluding hydrogens is 226 g/mol. The monoisotopic (exact) mass is 255 g/mol. The van der Waals surface area contributed by atoms with Crippen molar-refractivity contribution in [3.63, 3.8) is 0 Å². The highest BCUT2D eigenvalue weighted by Crippen LogP contribution is 2.08. The Hall–Kier alpha value is -0.610. The first-order chi connectivity index (χ1) is 8.74. The van der Waals surface area contributed by atoms with E-state index in [-0.39, 0.29) is 11.9 Å². The molecule has 18 heavy (non-hydrogen) atoms. The van der Waals surface area contributed by atoms with Crippen LogP contribution in [0, 0.1) is 0 Å². The Morgan fingerprint density at radius 3 is 2.67 bits per heavy atom. The number of unbranched alkanes of at least 4 members (excludes halogenated alkanes) is 1. The van der Waals surface area contributed by atoms with Gasteiger partial charge in [0.2, 0.25) is 5.91 Å². The first-order valence-electron chi connectivity index (χ1n) is 7.49. The van der Waals surface area contributed by atoms with Gasteiger partial charge in [-0.15, -0.1) is 0 Å². The van der Waals surface area contributed by atoms with Crippen molar-refractivity contribution in [3.8, 4) is 0 Å². The molecule has 1 saturated heterocycles. The van der Waals surface area contributed by atoms with Gasteiger partial charge in [-0.2, -0.15) is 0 Å². The molecular formula is C14H29N3O. The lowest BCUT2D eigenvalue weighted by Crippen LogP contribution is -2.41. The first-order valence-corrected chi connectivity index (χ1v) is 7.49. The zero-order valence-electron chi connectivity index (χ0n) is 11.8. The minimum Gasteiger partial charge on any atom is -0.355 e. The summed E-state index contributed by atoms with van der Waals surface area (Å²) >= 11 is 0. The molecule has 0 aromatic rings. The number of piperidine rings is 1. The van der Waals surface area contributed by atoms with Crippen molar-refractivity contribution < 1.29 is 4.79 Å². The van der Waals surface area contributed by atoms with Crippen LogP contribution in [0.3, 0.4) is 0 Å². The molecule has 4 nitrogen and oxygen atoms in total. The normalized spacial score (nSPS) is 18.6. The third-order valence-electron chi connectivity index (χ3n) is 3.60. The third-order valence-corrected chi connectivity index (χ3v) is 3.60. The molecule has 0 aromatic carbocycles. The first kappa shape index (κ1) is 15.4. The number of hydrogen-bond acceptors (Lipinski definition) is 3. The number of rotatable bonds is 8. The van der Waals surface area contributed by atoms with E-state index < -0.39 is 0 Å². The Morgan fingerprint density at radius 1 is 1.28 bits per heavy atom. The van der Waals surface area contributed by atoms with Crippen LogP contribution in [0.2, 0.25) is 0 Å². The molecule has 1 unspecified atom stereocenters. The maximum atomic E-state index is 11.7. The molecule has 1 heterocycles. The molecule has 106 valence electrons. The second-order valence-electron chi connectivity index (χ2n) is 5.30. The van der Waals surface area contributed by atoms with Crippen LogP contribution in [-0.2, 0) is 4.79 Å². The summed E-state index contributed by atoms with van der Waals surface area (Å²) < 4.78 is 0. The molecule has 0 radical (unpaired) electrons. The van der Waals surface area contributed by atoms with E-state index >= 15 is 0 Å². The van der Waals surface area contributed by atoms with Gasteiger partial charge >= 0.3 is 0 Å². The summed E-state index contributed by atoms with van der Waals surface area (Å²) in [6, 6.07) is -0.320. The van der Waals surface area contributed by atoms with Gasteiger partial charge in [0.15, 0.2) is 0 Å². The molecule has 3 N–H and O–H groups in total. The molecule has 1 amide bonds. The lowest BCUT2D eigenvalue weighted by molar-refractivity contribution is -0.122. The Labute approximate surface area is 111 Å². The zero-order chi connectivity index (χ0) is 13.2. The summed E-state index contributed by atoms with van der Waals surface area (Å²) in [4.78, 5) is 14.1. The Balaban J connectivity index is 2.00. The highest BCUT2D eigenvalue weighted by atomic mass is 16.2. The van der Waals surface area contributed by atoms with Crippen molar-refractivity contribution in [2.45, 2.75) is 57.9 Å². The fourth-order valence-electron chi connectivity index (χ4n) is 2.38. The summed E-state index contributed by atoms with van der Waals surface area (Å²) in [5.41, 5.74) is 5.81. The largest absolute Gasteiger partial charge is 0.355 e. The quantitative estimate of drug-likeness (QED) is 0.646. The fraction of sp³-hybridized carbons (Fsp3) is 0.929. The van der Waals surface area contributed by atoms with Gasteiger partial charge < -0.3 is 16.0 Å². The number of hydrogen-bond donors (Lipinski definition) is 2. The van der Waals surface area contributed by atoms with Crippen molar-refractivity contribution in [1.29, 1.82) is 0 Å². The molecule has 4 heteroatoms. The van der Waals surface area contributed by atoms with E-state index in [1.54, 1.807) is 0 Å². The summed E-state index contributed by atoms with van der Waals surface area (Å²) in [7, 11) is 0. The molecule has 0 bridgehead atoms. The van der Waals surface area contributed by atoms with Crippen LogP contribution < -0.4 is 11.1 Å². The minimum atomic E-state index is -0.320. The van der Waals surface area contributed by atoms with Gasteiger partial charge in [0.25, 0.3) is 0 Å². The Kier molecular flexibility index (Phi) is 8.01. The number of carbonyl (C=O) groups excluding carboxylic acids is 1. The zero-order valence-corrected chi connectivity index (χ0v) is 11.8. The number of carbonyl (C=O) groups is 1. The summed E-state index contributed by atoms with van der Waals surface area (Å²) in [6.45, 7) is 6.43. The maximum absolute atomic E-state index is 11.7. The topological polar surface area (TPSA) is 58.4 Å². The number of nitrogens with two attached hydrogens (primary N) is 1. The molecule has 0 aliphatic carbocycles. The minimum absolute atomic E-state index is 0.0158. The van der Waals surface area contributed by atoms with Gasteiger partial charge in [-0.1, -0.05) is 26.2 Å². The van der Waals surface area contributed by atoms with Crippen LogP contribution in [0.4, 0.5) is 0 Å². The van der Waals surface area contributed by atoms with Gasteiger partial charge in [0, 0.05) is 6.54 Å². The van der Waals surface area contributed by atoms with E-state index in [0.29, 0.717) is 0 Å². The molecule has 1 fully saturated rings. The average Bonchev–Trinajstić information content (AvgIpc) is 2.41. The third kappa shape index (κ3) is 6.36.